The number of oxime groups is 1. The Balaban J connectivity index is 2.85. The predicted octanol–water partition coefficient (Wildman–Crippen LogP) is 6.00. The molecule has 26 heavy (non-hydrogen) atoms. The molecule has 0 atom stereocenters. The molecule has 0 spiro atoms. The monoisotopic (exact) mass is 401 g/mol. The maximum atomic E-state index is 6.10. The molecule has 0 unspecified atom stereocenters. The zero-order valence-electron chi connectivity index (χ0n) is 16.3. The van der Waals surface area contributed by atoms with E-state index in [-0.39, 0.29) is 4.49 Å². The first-order valence-corrected chi connectivity index (χ1v) is 9.71. The van der Waals surface area contributed by atoms with E-state index in [1.165, 1.54) is 5.56 Å². The van der Waals surface area contributed by atoms with Crippen LogP contribution in [0.25, 0.3) is 0 Å². The fourth-order valence-corrected chi connectivity index (χ4v) is 2.66. The molecule has 1 aromatic rings. The van der Waals surface area contributed by atoms with Gasteiger partial charge in [0.15, 0.2) is 0 Å². The average molecular weight is 402 g/mol. The van der Waals surface area contributed by atoms with Crippen molar-refractivity contribution < 1.29 is 14.3 Å². The van der Waals surface area contributed by atoms with Crippen molar-refractivity contribution in [2.75, 3.05) is 19.8 Å². The highest BCUT2D eigenvalue weighted by molar-refractivity contribution is 6.55. The quantitative estimate of drug-likeness (QED) is 0.259. The summed E-state index contributed by atoms with van der Waals surface area (Å²) in [6.45, 7) is 11.6. The Hall–Kier alpha value is -1.39. The maximum Gasteiger partial charge on any atom is 0.126 e. The number of benzene rings is 1. The molecule has 6 heteroatoms. The molecule has 0 fully saturated rings. The molecule has 0 N–H and O–H groups in total. The molecule has 0 aliphatic carbocycles. The van der Waals surface area contributed by atoms with Crippen LogP contribution in [0.2, 0.25) is 0 Å². The van der Waals surface area contributed by atoms with E-state index in [1.807, 2.05) is 26.8 Å². The molecule has 1 aromatic carbocycles. The average Bonchev–Trinajstić information content (AvgIpc) is 2.59. The van der Waals surface area contributed by atoms with Gasteiger partial charge in [0.25, 0.3) is 0 Å². The van der Waals surface area contributed by atoms with E-state index in [1.54, 1.807) is 6.08 Å². The third-order valence-corrected chi connectivity index (χ3v) is 4.09. The molecule has 0 bridgehead atoms. The van der Waals surface area contributed by atoms with Gasteiger partial charge in [0, 0.05) is 12.0 Å². The lowest BCUT2D eigenvalue weighted by Gasteiger charge is -2.20. The Morgan fingerprint density at radius 3 is 2.42 bits per heavy atom. The van der Waals surface area contributed by atoms with Crippen molar-refractivity contribution in [3.05, 3.63) is 33.3 Å². The van der Waals surface area contributed by atoms with Crippen LogP contribution in [0, 0.1) is 6.92 Å². The van der Waals surface area contributed by atoms with E-state index in [0.29, 0.717) is 19.8 Å². The SMILES string of the molecule is CCc1cc(OCC=C(Cl)Cl)c(C)c(CC)c1OCCCON=C(C)C. The second kappa shape index (κ2) is 12.1. The van der Waals surface area contributed by atoms with E-state index in [9.17, 15) is 0 Å². The fraction of sp³-hybridized carbons (Fsp3) is 0.550. The summed E-state index contributed by atoms with van der Waals surface area (Å²) in [6, 6.07) is 2.04. The van der Waals surface area contributed by atoms with Gasteiger partial charge in [-0.1, -0.05) is 42.2 Å². The Morgan fingerprint density at radius 2 is 1.85 bits per heavy atom. The zero-order chi connectivity index (χ0) is 19.5. The van der Waals surface area contributed by atoms with Gasteiger partial charge in [-0.15, -0.1) is 0 Å². The first-order chi connectivity index (χ1) is 12.4. The van der Waals surface area contributed by atoms with Crippen LogP contribution in [-0.2, 0) is 17.7 Å². The number of aryl methyl sites for hydroxylation is 1. The molecule has 146 valence electrons. The Kier molecular flexibility index (Phi) is 10.5. The second-order valence-electron chi connectivity index (χ2n) is 6.05. The number of hydrogen-bond acceptors (Lipinski definition) is 4. The van der Waals surface area contributed by atoms with Gasteiger partial charge in [0.1, 0.15) is 29.2 Å². The number of rotatable bonds is 11. The summed E-state index contributed by atoms with van der Waals surface area (Å²) in [5.41, 5.74) is 4.29. The molecule has 0 heterocycles. The lowest BCUT2D eigenvalue weighted by atomic mass is 9.98. The summed E-state index contributed by atoms with van der Waals surface area (Å²) in [6.07, 6.45) is 4.14. The van der Waals surface area contributed by atoms with Gasteiger partial charge >= 0.3 is 0 Å². The summed E-state index contributed by atoms with van der Waals surface area (Å²) < 4.78 is 12.1. The molecule has 0 radical (unpaired) electrons. The zero-order valence-corrected chi connectivity index (χ0v) is 17.8. The van der Waals surface area contributed by atoms with E-state index < -0.39 is 0 Å². The summed E-state index contributed by atoms with van der Waals surface area (Å²) in [5.74, 6) is 1.80. The van der Waals surface area contributed by atoms with Gasteiger partial charge < -0.3 is 14.3 Å². The van der Waals surface area contributed by atoms with Crippen LogP contribution in [-0.4, -0.2) is 25.5 Å². The first-order valence-electron chi connectivity index (χ1n) is 8.95. The molecular weight excluding hydrogens is 373 g/mol. The highest BCUT2D eigenvalue weighted by atomic mass is 35.5. The fourth-order valence-electron chi connectivity index (χ4n) is 2.53. The molecular formula is C20H29Cl2NO3. The van der Waals surface area contributed by atoms with Gasteiger partial charge in [-0.05, 0) is 56.9 Å². The third kappa shape index (κ3) is 7.46. The summed E-state index contributed by atoms with van der Waals surface area (Å²) in [5, 5.41) is 3.92. The molecule has 1 rings (SSSR count). The minimum absolute atomic E-state index is 0.207. The molecule has 0 amide bonds. The number of hydrogen-bond donors (Lipinski definition) is 0. The van der Waals surface area contributed by atoms with Gasteiger partial charge in [0.2, 0.25) is 0 Å². The van der Waals surface area contributed by atoms with Crippen LogP contribution >= 0.6 is 23.2 Å². The molecule has 0 aromatic heterocycles. The van der Waals surface area contributed by atoms with Crippen molar-refractivity contribution in [3.63, 3.8) is 0 Å². The number of halogens is 2. The van der Waals surface area contributed by atoms with Crippen molar-refractivity contribution in [1.82, 2.24) is 0 Å². The smallest absolute Gasteiger partial charge is 0.126 e. The minimum Gasteiger partial charge on any atom is -0.493 e. The van der Waals surface area contributed by atoms with Gasteiger partial charge in [-0.2, -0.15) is 0 Å². The maximum absolute atomic E-state index is 6.10. The highest BCUT2D eigenvalue weighted by Crippen LogP contribution is 2.35. The first kappa shape index (κ1) is 22.7. The summed E-state index contributed by atoms with van der Waals surface area (Å²) >= 11 is 11.3. The Bertz CT molecular complexity index is 634. The molecule has 0 saturated heterocycles. The third-order valence-electron chi connectivity index (χ3n) is 3.78. The van der Waals surface area contributed by atoms with Gasteiger partial charge in [-0.3, -0.25) is 0 Å². The number of nitrogens with zero attached hydrogens (tertiary/aromatic N) is 1. The van der Waals surface area contributed by atoms with E-state index in [0.717, 1.165) is 47.6 Å². The van der Waals surface area contributed by atoms with Crippen LogP contribution < -0.4 is 9.47 Å². The van der Waals surface area contributed by atoms with Gasteiger partial charge in [0.05, 0.1) is 12.3 Å². The highest BCUT2D eigenvalue weighted by Gasteiger charge is 2.16. The van der Waals surface area contributed by atoms with E-state index in [2.05, 4.69) is 19.0 Å². The molecule has 4 nitrogen and oxygen atoms in total. The molecule has 0 aliphatic heterocycles. The Morgan fingerprint density at radius 1 is 1.12 bits per heavy atom. The van der Waals surface area contributed by atoms with Crippen molar-refractivity contribution in [1.29, 1.82) is 0 Å². The normalized spacial score (nSPS) is 10.3. The summed E-state index contributed by atoms with van der Waals surface area (Å²) in [7, 11) is 0. The second-order valence-corrected chi connectivity index (χ2v) is 7.06. The van der Waals surface area contributed by atoms with Crippen LogP contribution in [0.3, 0.4) is 0 Å². The van der Waals surface area contributed by atoms with Crippen molar-refractivity contribution in [2.24, 2.45) is 5.16 Å². The standard InChI is InChI=1S/C20H29Cl2NO3/c1-6-16-13-18(24-12-9-19(21)22)15(5)17(7-2)20(16)25-10-8-11-26-23-14(3)4/h9,13H,6-8,10-12H2,1-5H3. The number of ether oxygens (including phenoxy) is 2. The largest absolute Gasteiger partial charge is 0.493 e. The van der Waals surface area contributed by atoms with Crippen molar-refractivity contribution in [3.8, 4) is 11.5 Å². The van der Waals surface area contributed by atoms with Crippen molar-refractivity contribution in [2.45, 2.75) is 53.9 Å². The van der Waals surface area contributed by atoms with E-state index in [4.69, 9.17) is 37.5 Å². The topological polar surface area (TPSA) is 40.0 Å². The molecule has 0 saturated carbocycles. The lowest BCUT2D eigenvalue weighted by Crippen LogP contribution is -2.08. The van der Waals surface area contributed by atoms with Crippen LogP contribution in [0.1, 0.15) is 50.8 Å². The van der Waals surface area contributed by atoms with Crippen LogP contribution in [0.4, 0.5) is 0 Å². The predicted molar refractivity (Wildman–Crippen MR) is 110 cm³/mol. The van der Waals surface area contributed by atoms with Crippen molar-refractivity contribution >= 4 is 28.9 Å². The lowest BCUT2D eigenvalue weighted by molar-refractivity contribution is 0.127. The Labute approximate surface area is 167 Å². The van der Waals surface area contributed by atoms with Crippen LogP contribution in [0.5, 0.6) is 11.5 Å². The summed E-state index contributed by atoms with van der Waals surface area (Å²) in [4.78, 5) is 5.21. The van der Waals surface area contributed by atoms with Gasteiger partial charge in [-0.25, -0.2) is 0 Å². The van der Waals surface area contributed by atoms with Crippen LogP contribution in [0.15, 0.2) is 21.8 Å². The van der Waals surface area contributed by atoms with E-state index >= 15 is 0 Å². The molecule has 0 aliphatic rings. The minimum atomic E-state index is 0.207.